The third-order valence-corrected chi connectivity index (χ3v) is 4.59. The molecule has 0 saturated carbocycles. The average molecular weight is 373 g/mol. The van der Waals surface area contributed by atoms with E-state index in [4.69, 9.17) is 0 Å². The van der Waals surface area contributed by atoms with Gasteiger partial charge < -0.3 is 15.3 Å². The standard InChI is InChI=1S/C19H27N5O3/c1-6-17(25)21-14-10-16(19(26)27)18(20-11-14)23(5)9-8-15-12(3)22-24(7-2)13(15)4/h10-11H,6-9H2,1-5H3,(H,21,25)(H,26,27). The predicted octanol–water partition coefficient (Wildman–Crippen LogP) is 2.64. The number of rotatable bonds is 8. The number of nitrogens with zero attached hydrogens (tertiary/aromatic N) is 4. The first-order valence-electron chi connectivity index (χ1n) is 9.05. The number of aromatic nitrogens is 3. The number of carbonyl (C=O) groups is 2. The molecule has 0 aromatic carbocycles. The molecule has 0 unspecified atom stereocenters. The number of carboxylic acid groups (broad SMARTS) is 1. The fourth-order valence-corrected chi connectivity index (χ4v) is 3.03. The Labute approximate surface area is 159 Å². The Balaban J connectivity index is 2.20. The van der Waals surface area contributed by atoms with Crippen molar-refractivity contribution < 1.29 is 14.7 Å². The lowest BCUT2D eigenvalue weighted by molar-refractivity contribution is -0.115. The molecule has 146 valence electrons. The van der Waals surface area contributed by atoms with Crippen molar-refractivity contribution in [3.05, 3.63) is 34.8 Å². The molecule has 0 spiro atoms. The molecule has 0 radical (unpaired) electrons. The quantitative estimate of drug-likeness (QED) is 0.738. The highest BCUT2D eigenvalue weighted by molar-refractivity contribution is 5.96. The summed E-state index contributed by atoms with van der Waals surface area (Å²) in [7, 11) is 1.81. The Morgan fingerprint density at radius 2 is 2.00 bits per heavy atom. The van der Waals surface area contributed by atoms with Crippen LogP contribution in [0, 0.1) is 13.8 Å². The molecule has 8 nitrogen and oxygen atoms in total. The van der Waals surface area contributed by atoms with Crippen LogP contribution in [0.3, 0.4) is 0 Å². The van der Waals surface area contributed by atoms with Crippen LogP contribution in [0.5, 0.6) is 0 Å². The van der Waals surface area contributed by atoms with Crippen LogP contribution in [0.4, 0.5) is 11.5 Å². The highest BCUT2D eigenvalue weighted by Gasteiger charge is 2.18. The van der Waals surface area contributed by atoms with Gasteiger partial charge in [0, 0.05) is 32.3 Å². The lowest BCUT2D eigenvalue weighted by Gasteiger charge is -2.20. The van der Waals surface area contributed by atoms with Gasteiger partial charge in [-0.25, -0.2) is 9.78 Å². The molecule has 0 aliphatic rings. The van der Waals surface area contributed by atoms with E-state index in [2.05, 4.69) is 22.3 Å². The molecular weight excluding hydrogens is 346 g/mol. The maximum atomic E-state index is 11.7. The van der Waals surface area contributed by atoms with Gasteiger partial charge in [0.2, 0.25) is 5.91 Å². The predicted molar refractivity (Wildman–Crippen MR) is 104 cm³/mol. The van der Waals surface area contributed by atoms with Gasteiger partial charge in [-0.3, -0.25) is 9.48 Å². The molecule has 0 saturated heterocycles. The summed E-state index contributed by atoms with van der Waals surface area (Å²) < 4.78 is 1.97. The van der Waals surface area contributed by atoms with E-state index >= 15 is 0 Å². The minimum Gasteiger partial charge on any atom is -0.478 e. The van der Waals surface area contributed by atoms with Gasteiger partial charge in [0.05, 0.1) is 17.6 Å². The largest absolute Gasteiger partial charge is 0.478 e. The van der Waals surface area contributed by atoms with E-state index in [1.54, 1.807) is 6.92 Å². The van der Waals surface area contributed by atoms with Crippen LogP contribution in [-0.4, -0.2) is 45.3 Å². The molecule has 2 aromatic heterocycles. The van der Waals surface area contributed by atoms with Crippen LogP contribution in [0.25, 0.3) is 0 Å². The number of hydrogen-bond acceptors (Lipinski definition) is 5. The highest BCUT2D eigenvalue weighted by Crippen LogP contribution is 2.22. The summed E-state index contributed by atoms with van der Waals surface area (Å²) in [4.78, 5) is 29.3. The Bertz CT molecular complexity index is 844. The second kappa shape index (κ2) is 8.66. The molecule has 0 bridgehead atoms. The first-order chi connectivity index (χ1) is 12.8. The van der Waals surface area contributed by atoms with Crippen molar-refractivity contribution in [2.45, 2.75) is 47.1 Å². The van der Waals surface area contributed by atoms with Gasteiger partial charge in [-0.15, -0.1) is 0 Å². The number of pyridine rings is 1. The van der Waals surface area contributed by atoms with Gasteiger partial charge in [-0.2, -0.15) is 5.10 Å². The summed E-state index contributed by atoms with van der Waals surface area (Å²) in [6, 6.07) is 1.44. The Morgan fingerprint density at radius 1 is 1.30 bits per heavy atom. The third-order valence-electron chi connectivity index (χ3n) is 4.59. The Morgan fingerprint density at radius 3 is 2.56 bits per heavy atom. The van der Waals surface area contributed by atoms with E-state index in [0.717, 1.165) is 24.4 Å². The Hall–Kier alpha value is -2.90. The van der Waals surface area contributed by atoms with E-state index in [1.165, 1.54) is 17.8 Å². The molecule has 2 heterocycles. The molecule has 2 aromatic rings. The highest BCUT2D eigenvalue weighted by atomic mass is 16.4. The van der Waals surface area contributed by atoms with Crippen LogP contribution < -0.4 is 10.2 Å². The van der Waals surface area contributed by atoms with Gasteiger partial charge in [0.1, 0.15) is 11.4 Å². The van der Waals surface area contributed by atoms with Gasteiger partial charge in [0.15, 0.2) is 0 Å². The van der Waals surface area contributed by atoms with Crippen LogP contribution >= 0.6 is 0 Å². The second-order valence-electron chi connectivity index (χ2n) is 6.44. The first-order valence-corrected chi connectivity index (χ1v) is 9.05. The maximum absolute atomic E-state index is 11.7. The van der Waals surface area contributed by atoms with Crippen molar-refractivity contribution >= 4 is 23.4 Å². The summed E-state index contributed by atoms with van der Waals surface area (Å²) in [6.45, 7) is 9.24. The topological polar surface area (TPSA) is 100 Å². The zero-order chi connectivity index (χ0) is 20.1. The van der Waals surface area contributed by atoms with E-state index in [9.17, 15) is 14.7 Å². The molecule has 1 amide bonds. The van der Waals surface area contributed by atoms with Crippen molar-refractivity contribution in [2.24, 2.45) is 0 Å². The van der Waals surface area contributed by atoms with Crippen molar-refractivity contribution in [3.63, 3.8) is 0 Å². The van der Waals surface area contributed by atoms with Crippen molar-refractivity contribution in [1.29, 1.82) is 0 Å². The smallest absolute Gasteiger partial charge is 0.339 e. The molecular formula is C19H27N5O3. The number of carboxylic acids is 1. The summed E-state index contributed by atoms with van der Waals surface area (Å²) in [6.07, 6.45) is 2.54. The van der Waals surface area contributed by atoms with Gasteiger partial charge in [-0.05, 0) is 38.8 Å². The van der Waals surface area contributed by atoms with Crippen molar-refractivity contribution in [3.8, 4) is 0 Å². The maximum Gasteiger partial charge on any atom is 0.339 e. The van der Waals surface area contributed by atoms with E-state index in [1.807, 2.05) is 30.5 Å². The molecule has 2 rings (SSSR count). The number of aryl methyl sites for hydroxylation is 2. The molecule has 0 aliphatic carbocycles. The number of nitrogens with one attached hydrogen (secondary N) is 1. The van der Waals surface area contributed by atoms with Crippen LogP contribution in [0.15, 0.2) is 12.3 Å². The number of likely N-dealkylation sites (N-methyl/N-ethyl adjacent to an activating group) is 1. The van der Waals surface area contributed by atoms with Gasteiger partial charge >= 0.3 is 5.97 Å². The minimum atomic E-state index is -1.08. The molecule has 0 fully saturated rings. The number of carbonyl (C=O) groups excluding carboxylic acids is 1. The molecule has 0 atom stereocenters. The number of anilines is 2. The lowest BCUT2D eigenvalue weighted by Crippen LogP contribution is -2.24. The number of hydrogen-bond donors (Lipinski definition) is 2. The summed E-state index contributed by atoms with van der Waals surface area (Å²) in [5.74, 6) is -0.897. The van der Waals surface area contributed by atoms with Crippen molar-refractivity contribution in [2.75, 3.05) is 23.8 Å². The number of aromatic carboxylic acids is 1. The lowest BCUT2D eigenvalue weighted by atomic mass is 10.1. The molecule has 2 N–H and O–H groups in total. The minimum absolute atomic E-state index is 0.0594. The fraction of sp³-hybridized carbons (Fsp3) is 0.474. The SMILES string of the molecule is CCC(=O)Nc1cnc(N(C)CCc2c(C)nn(CC)c2C)c(C(=O)O)c1. The van der Waals surface area contributed by atoms with Gasteiger partial charge in [0.25, 0.3) is 0 Å². The average Bonchev–Trinajstić information content (AvgIpc) is 2.92. The van der Waals surface area contributed by atoms with Crippen LogP contribution in [0.2, 0.25) is 0 Å². The summed E-state index contributed by atoms with van der Waals surface area (Å²) in [5, 5.41) is 16.7. The molecule has 8 heteroatoms. The third kappa shape index (κ3) is 4.64. The van der Waals surface area contributed by atoms with E-state index in [0.29, 0.717) is 24.5 Å². The molecule has 27 heavy (non-hydrogen) atoms. The summed E-state index contributed by atoms with van der Waals surface area (Å²) in [5.41, 5.74) is 3.74. The van der Waals surface area contributed by atoms with E-state index < -0.39 is 5.97 Å². The Kier molecular flexibility index (Phi) is 6.55. The second-order valence-corrected chi connectivity index (χ2v) is 6.44. The van der Waals surface area contributed by atoms with Gasteiger partial charge in [-0.1, -0.05) is 6.92 Å². The van der Waals surface area contributed by atoms with Crippen LogP contribution in [0.1, 0.15) is 47.6 Å². The fourth-order valence-electron chi connectivity index (χ4n) is 3.03. The van der Waals surface area contributed by atoms with E-state index in [-0.39, 0.29) is 11.5 Å². The monoisotopic (exact) mass is 373 g/mol. The zero-order valence-electron chi connectivity index (χ0n) is 16.5. The zero-order valence-corrected chi connectivity index (χ0v) is 16.5. The molecule has 0 aliphatic heterocycles. The number of amides is 1. The summed E-state index contributed by atoms with van der Waals surface area (Å²) >= 11 is 0. The van der Waals surface area contributed by atoms with Crippen molar-refractivity contribution in [1.82, 2.24) is 14.8 Å². The normalized spacial score (nSPS) is 10.7. The first kappa shape index (κ1) is 20.4. The van der Waals surface area contributed by atoms with Crippen LogP contribution in [-0.2, 0) is 17.8 Å².